The highest BCUT2D eigenvalue weighted by atomic mass is 79.9. The van der Waals surface area contributed by atoms with Crippen LogP contribution in [0.3, 0.4) is 0 Å². The monoisotopic (exact) mass is 324 g/mol. The van der Waals surface area contributed by atoms with E-state index in [0.29, 0.717) is 5.92 Å². The van der Waals surface area contributed by atoms with E-state index < -0.39 is 0 Å². The van der Waals surface area contributed by atoms with E-state index >= 15 is 0 Å². The Bertz CT molecular complexity index is 523. The van der Waals surface area contributed by atoms with Crippen molar-refractivity contribution in [2.24, 2.45) is 5.92 Å². The lowest BCUT2D eigenvalue weighted by atomic mass is 10.1. The van der Waals surface area contributed by atoms with E-state index in [0.717, 1.165) is 29.0 Å². The van der Waals surface area contributed by atoms with Crippen molar-refractivity contribution in [2.45, 2.75) is 13.3 Å². The van der Waals surface area contributed by atoms with Crippen molar-refractivity contribution in [1.29, 1.82) is 0 Å². The Morgan fingerprint density at radius 3 is 2.72 bits per heavy atom. The van der Waals surface area contributed by atoms with E-state index in [-0.39, 0.29) is 0 Å². The summed E-state index contributed by atoms with van der Waals surface area (Å²) in [6, 6.07) is 12.4. The first kappa shape index (κ1) is 13.8. The smallest absolute Gasteiger partial charge is 0.134 e. The topological polar surface area (TPSA) is 9.23 Å². The molecule has 1 unspecified atom stereocenters. The third-order valence-electron chi connectivity index (χ3n) is 3.14. The van der Waals surface area contributed by atoms with E-state index in [1.807, 2.05) is 18.2 Å². The van der Waals surface area contributed by atoms with Crippen LogP contribution in [-0.2, 0) is 0 Å². The molecule has 0 aliphatic carbocycles. The third kappa shape index (κ3) is 3.01. The summed E-state index contributed by atoms with van der Waals surface area (Å²) in [5.41, 5.74) is 0. The molecule has 0 spiro atoms. The summed E-state index contributed by atoms with van der Waals surface area (Å²) in [5.74, 6) is 2.28. The van der Waals surface area contributed by atoms with Crippen molar-refractivity contribution in [3.05, 3.63) is 40.9 Å². The second-order valence-electron chi connectivity index (χ2n) is 4.37. The second-order valence-corrected chi connectivity index (χ2v) is 5.52. The van der Waals surface area contributed by atoms with Crippen molar-refractivity contribution < 1.29 is 4.74 Å². The summed E-state index contributed by atoms with van der Waals surface area (Å²) in [4.78, 5) is 0. The molecular formula is C15H17BrOS. The number of hydrogen-bond donors (Lipinski definition) is 1. The van der Waals surface area contributed by atoms with Crippen molar-refractivity contribution in [1.82, 2.24) is 0 Å². The van der Waals surface area contributed by atoms with Gasteiger partial charge in [-0.2, -0.15) is 12.6 Å². The molecule has 0 saturated carbocycles. The third-order valence-corrected chi connectivity index (χ3v) is 4.47. The lowest BCUT2D eigenvalue weighted by Gasteiger charge is -2.15. The molecule has 3 heteroatoms. The number of benzene rings is 2. The lowest BCUT2D eigenvalue weighted by molar-refractivity contribution is 0.258. The van der Waals surface area contributed by atoms with Gasteiger partial charge in [-0.25, -0.2) is 0 Å². The van der Waals surface area contributed by atoms with Crippen molar-refractivity contribution in [2.75, 3.05) is 12.4 Å². The first-order chi connectivity index (χ1) is 8.76. The van der Waals surface area contributed by atoms with E-state index in [4.69, 9.17) is 4.74 Å². The van der Waals surface area contributed by atoms with Crippen molar-refractivity contribution in [3.8, 4) is 5.75 Å². The molecule has 1 nitrogen and oxygen atoms in total. The van der Waals surface area contributed by atoms with Gasteiger partial charge in [-0.3, -0.25) is 0 Å². The molecule has 96 valence electrons. The molecule has 0 fully saturated rings. The Kier molecular flexibility index (Phi) is 4.95. The van der Waals surface area contributed by atoms with E-state index in [9.17, 15) is 0 Å². The van der Waals surface area contributed by atoms with Crippen molar-refractivity contribution >= 4 is 39.3 Å². The zero-order valence-corrected chi connectivity index (χ0v) is 12.9. The molecule has 0 N–H and O–H groups in total. The number of rotatable bonds is 5. The predicted octanol–water partition coefficient (Wildman–Crippen LogP) is 4.94. The Morgan fingerprint density at radius 1 is 1.22 bits per heavy atom. The van der Waals surface area contributed by atoms with Gasteiger partial charge in [0.25, 0.3) is 0 Å². The zero-order valence-electron chi connectivity index (χ0n) is 10.4. The number of thiol groups is 1. The maximum absolute atomic E-state index is 5.89. The number of hydrogen-bond acceptors (Lipinski definition) is 2. The van der Waals surface area contributed by atoms with Crippen LogP contribution in [0.1, 0.15) is 13.3 Å². The van der Waals surface area contributed by atoms with Gasteiger partial charge < -0.3 is 4.74 Å². The van der Waals surface area contributed by atoms with E-state index in [1.165, 1.54) is 10.8 Å². The highest BCUT2D eigenvalue weighted by Crippen LogP contribution is 2.33. The second kappa shape index (κ2) is 6.48. The molecule has 1 atom stereocenters. The highest BCUT2D eigenvalue weighted by Gasteiger charge is 2.09. The van der Waals surface area contributed by atoms with Gasteiger partial charge in [-0.15, -0.1) is 0 Å². The minimum absolute atomic E-state index is 0.506. The number of ether oxygens (including phenoxy) is 1. The minimum atomic E-state index is 0.506. The van der Waals surface area contributed by atoms with Crippen LogP contribution in [0.4, 0.5) is 0 Å². The van der Waals surface area contributed by atoms with Gasteiger partial charge in [-0.1, -0.05) is 37.3 Å². The predicted molar refractivity (Wildman–Crippen MR) is 84.8 cm³/mol. The van der Waals surface area contributed by atoms with Crippen LogP contribution in [-0.4, -0.2) is 12.4 Å². The molecule has 0 bridgehead atoms. The molecule has 0 radical (unpaired) electrons. The molecular weight excluding hydrogens is 308 g/mol. The number of fused-ring (bicyclic) bond motifs is 1. The van der Waals surface area contributed by atoms with E-state index in [2.05, 4.69) is 53.7 Å². The van der Waals surface area contributed by atoms with Gasteiger partial charge in [0.15, 0.2) is 0 Å². The normalized spacial score (nSPS) is 12.6. The average Bonchev–Trinajstić information content (AvgIpc) is 2.42. The molecule has 0 aromatic heterocycles. The van der Waals surface area contributed by atoms with Gasteiger partial charge in [0.2, 0.25) is 0 Å². The summed E-state index contributed by atoms with van der Waals surface area (Å²) >= 11 is 7.97. The largest absolute Gasteiger partial charge is 0.492 e. The molecule has 0 saturated heterocycles. The van der Waals surface area contributed by atoms with Crippen LogP contribution in [0.15, 0.2) is 40.9 Å². The zero-order chi connectivity index (χ0) is 13.0. The van der Waals surface area contributed by atoms with Gasteiger partial charge in [0, 0.05) is 5.92 Å². The maximum atomic E-state index is 5.89. The Morgan fingerprint density at radius 2 is 2.00 bits per heavy atom. The van der Waals surface area contributed by atoms with Crippen molar-refractivity contribution in [3.63, 3.8) is 0 Å². The molecule has 2 aromatic carbocycles. The van der Waals surface area contributed by atoms with Gasteiger partial charge >= 0.3 is 0 Å². The summed E-state index contributed by atoms with van der Waals surface area (Å²) in [5, 5.41) is 2.41. The SMILES string of the molecule is CCC(CS)COc1ccc2ccccc2c1Br. The van der Waals surface area contributed by atoms with Gasteiger partial charge in [-0.05, 0) is 44.9 Å². The van der Waals surface area contributed by atoms with Crippen LogP contribution in [0, 0.1) is 5.92 Å². The standard InChI is InChI=1S/C15H17BrOS/c1-2-11(10-18)9-17-14-8-7-12-5-3-4-6-13(12)15(14)16/h3-8,11,18H,2,9-10H2,1H3. The molecule has 0 aliphatic rings. The van der Waals surface area contributed by atoms with Crippen LogP contribution >= 0.6 is 28.6 Å². The average molecular weight is 325 g/mol. The quantitative estimate of drug-likeness (QED) is 0.766. The first-order valence-corrected chi connectivity index (χ1v) is 7.59. The Balaban J connectivity index is 2.21. The fraction of sp³-hybridized carbons (Fsp3) is 0.333. The Hall–Kier alpha value is -0.670. The molecule has 2 aromatic rings. The van der Waals surface area contributed by atoms with Crippen LogP contribution in [0.2, 0.25) is 0 Å². The van der Waals surface area contributed by atoms with E-state index in [1.54, 1.807) is 0 Å². The van der Waals surface area contributed by atoms with Gasteiger partial charge in [0.1, 0.15) is 5.75 Å². The summed E-state index contributed by atoms with van der Waals surface area (Å²) in [6.45, 7) is 2.89. The van der Waals surface area contributed by atoms with Gasteiger partial charge in [0.05, 0.1) is 11.1 Å². The first-order valence-electron chi connectivity index (χ1n) is 6.17. The van der Waals surface area contributed by atoms with Crippen LogP contribution < -0.4 is 4.74 Å². The summed E-state index contributed by atoms with van der Waals surface area (Å²) in [7, 11) is 0. The molecule has 0 heterocycles. The minimum Gasteiger partial charge on any atom is -0.492 e. The van der Waals surface area contributed by atoms with Crippen LogP contribution in [0.25, 0.3) is 10.8 Å². The molecule has 0 amide bonds. The fourth-order valence-electron chi connectivity index (χ4n) is 1.83. The molecule has 2 rings (SSSR count). The summed E-state index contributed by atoms with van der Waals surface area (Å²) < 4.78 is 6.93. The van der Waals surface area contributed by atoms with Crippen LogP contribution in [0.5, 0.6) is 5.75 Å². The fourth-order valence-corrected chi connectivity index (χ4v) is 2.80. The number of halogens is 1. The maximum Gasteiger partial charge on any atom is 0.134 e. The lowest BCUT2D eigenvalue weighted by Crippen LogP contribution is -2.12. The highest BCUT2D eigenvalue weighted by molar-refractivity contribution is 9.10. The molecule has 18 heavy (non-hydrogen) atoms. The molecule has 0 aliphatic heterocycles. The summed E-state index contributed by atoms with van der Waals surface area (Å²) in [6.07, 6.45) is 1.09. The Labute approximate surface area is 122 Å².